The lowest BCUT2D eigenvalue weighted by Gasteiger charge is -2.24. The Morgan fingerprint density at radius 2 is 1.91 bits per heavy atom. The van der Waals surface area contributed by atoms with E-state index in [-0.39, 0.29) is 18.6 Å². The number of nitrogens with zero attached hydrogens (tertiary/aromatic N) is 5. The lowest BCUT2D eigenvalue weighted by atomic mass is 9.91. The Kier molecular flexibility index (Phi) is 8.59. The van der Waals surface area contributed by atoms with Gasteiger partial charge in [0.2, 0.25) is 5.91 Å². The number of hydrogen-bond acceptors (Lipinski definition) is 7. The summed E-state index contributed by atoms with van der Waals surface area (Å²) in [5, 5.41) is 12.6. The van der Waals surface area contributed by atoms with Crippen molar-refractivity contribution in [1.29, 1.82) is 0 Å². The van der Waals surface area contributed by atoms with Gasteiger partial charge in [-0.25, -0.2) is 9.69 Å². The summed E-state index contributed by atoms with van der Waals surface area (Å²) in [5.41, 5.74) is 0.873. The Labute approximate surface area is 202 Å². The van der Waals surface area contributed by atoms with E-state index in [0.29, 0.717) is 25.3 Å². The summed E-state index contributed by atoms with van der Waals surface area (Å²) in [6.07, 6.45) is -0.178. The van der Waals surface area contributed by atoms with Crippen LogP contribution in [-0.4, -0.2) is 57.8 Å². The molecule has 1 aliphatic heterocycles. The van der Waals surface area contributed by atoms with Gasteiger partial charge in [-0.15, -0.1) is 15.0 Å². The van der Waals surface area contributed by atoms with Gasteiger partial charge in [-0.3, -0.25) is 4.79 Å². The van der Waals surface area contributed by atoms with Crippen molar-refractivity contribution in [3.8, 4) is 0 Å². The first-order chi connectivity index (χ1) is 16.0. The third kappa shape index (κ3) is 6.96. The minimum absolute atomic E-state index is 0.231. The lowest BCUT2D eigenvalue weighted by molar-refractivity contribution is -0.134. The predicted molar refractivity (Wildman–Crippen MR) is 131 cm³/mol. The highest BCUT2D eigenvalue weighted by atomic mass is 28.3. The van der Waals surface area contributed by atoms with Crippen molar-refractivity contribution in [1.82, 2.24) is 25.1 Å². The number of benzene rings is 1. The number of rotatable bonds is 11. The molecule has 2 aromatic rings. The molecule has 2 amide bonds. The van der Waals surface area contributed by atoms with E-state index in [1.54, 1.807) is 0 Å². The Morgan fingerprint density at radius 3 is 2.56 bits per heavy atom. The SMILES string of the molecule is CC(C)C[C@@H](Cc1nnn(COCC[Si](C)(C)C)n1)C(=O)N1C(=O)O[C@@H](c2ccccc2)[C@H]1C. The van der Waals surface area contributed by atoms with E-state index >= 15 is 0 Å². The van der Waals surface area contributed by atoms with E-state index < -0.39 is 32.2 Å². The Bertz CT molecular complexity index is 960. The molecule has 3 rings (SSSR count). The molecule has 1 fully saturated rings. The summed E-state index contributed by atoms with van der Waals surface area (Å²) in [6.45, 7) is 13.7. The zero-order valence-corrected chi connectivity index (χ0v) is 22.1. The van der Waals surface area contributed by atoms with Crippen molar-refractivity contribution in [3.63, 3.8) is 0 Å². The van der Waals surface area contributed by atoms with Crippen LogP contribution in [0.1, 0.15) is 44.7 Å². The number of ether oxygens (including phenoxy) is 2. The molecule has 1 aliphatic rings. The van der Waals surface area contributed by atoms with Gasteiger partial charge in [0.05, 0.1) is 6.04 Å². The summed E-state index contributed by atoms with van der Waals surface area (Å²) in [5.74, 6) is 0.0164. The van der Waals surface area contributed by atoms with Crippen LogP contribution in [0.4, 0.5) is 4.79 Å². The zero-order valence-electron chi connectivity index (χ0n) is 21.1. The molecule has 1 aromatic carbocycles. The van der Waals surface area contributed by atoms with E-state index in [1.165, 1.54) is 9.70 Å². The number of hydrogen-bond donors (Lipinski definition) is 0. The molecule has 0 N–H and O–H groups in total. The van der Waals surface area contributed by atoms with Crippen LogP contribution in [0.15, 0.2) is 30.3 Å². The molecule has 0 unspecified atom stereocenters. The molecule has 3 atom stereocenters. The van der Waals surface area contributed by atoms with Gasteiger partial charge in [-0.2, -0.15) is 0 Å². The van der Waals surface area contributed by atoms with Crippen molar-refractivity contribution >= 4 is 20.1 Å². The van der Waals surface area contributed by atoms with Gasteiger partial charge < -0.3 is 9.47 Å². The van der Waals surface area contributed by atoms with Gasteiger partial charge in [-0.05, 0) is 36.1 Å². The zero-order chi connectivity index (χ0) is 24.9. The Balaban J connectivity index is 1.66. The third-order valence-corrected chi connectivity index (χ3v) is 7.57. The standard InChI is InChI=1S/C24H37N5O4Si/c1-17(2)14-20(15-21-25-27-28(26-21)16-32-12-13-34(4,5)6)23(30)29-18(3)22(33-24(29)31)19-10-8-7-9-11-19/h7-11,17-18,20,22H,12-16H2,1-6H3/t18-,20+,22-/m1/s1. The van der Waals surface area contributed by atoms with Crippen LogP contribution < -0.4 is 0 Å². The third-order valence-electron chi connectivity index (χ3n) is 5.87. The van der Waals surface area contributed by atoms with Crippen molar-refractivity contribution < 1.29 is 19.1 Å². The summed E-state index contributed by atoms with van der Waals surface area (Å²) < 4.78 is 11.3. The van der Waals surface area contributed by atoms with Gasteiger partial charge in [0.15, 0.2) is 12.6 Å². The monoisotopic (exact) mass is 487 g/mol. The van der Waals surface area contributed by atoms with Crippen LogP contribution >= 0.6 is 0 Å². The summed E-state index contributed by atoms with van der Waals surface area (Å²) in [6, 6.07) is 10.2. The fourth-order valence-electron chi connectivity index (χ4n) is 4.04. The molecule has 0 aliphatic carbocycles. The highest BCUT2D eigenvalue weighted by Crippen LogP contribution is 2.34. The molecule has 1 aromatic heterocycles. The van der Waals surface area contributed by atoms with E-state index in [1.807, 2.05) is 37.3 Å². The first-order valence-corrected chi connectivity index (χ1v) is 15.7. The first kappa shape index (κ1) is 26.0. The molecule has 186 valence electrons. The van der Waals surface area contributed by atoms with Gasteiger partial charge >= 0.3 is 6.09 Å². The van der Waals surface area contributed by atoms with Crippen LogP contribution in [0.2, 0.25) is 25.7 Å². The second-order valence-corrected chi connectivity index (χ2v) is 16.2. The summed E-state index contributed by atoms with van der Waals surface area (Å²) in [4.78, 5) is 28.9. The summed E-state index contributed by atoms with van der Waals surface area (Å²) >= 11 is 0. The maximum Gasteiger partial charge on any atom is 0.417 e. The number of imide groups is 1. The van der Waals surface area contributed by atoms with Crippen molar-refractivity contribution in [2.45, 2.75) is 78.2 Å². The van der Waals surface area contributed by atoms with Crippen LogP contribution in [-0.2, 0) is 27.4 Å². The number of carbonyl (C=O) groups excluding carboxylic acids is 2. The minimum atomic E-state index is -1.16. The largest absolute Gasteiger partial charge is 0.439 e. The quantitative estimate of drug-likeness (QED) is 0.344. The molecule has 0 radical (unpaired) electrons. The second-order valence-electron chi connectivity index (χ2n) is 10.6. The molecule has 0 bridgehead atoms. The molecule has 1 saturated heterocycles. The van der Waals surface area contributed by atoms with Crippen molar-refractivity contribution in [2.24, 2.45) is 11.8 Å². The highest BCUT2D eigenvalue weighted by molar-refractivity contribution is 6.76. The number of cyclic esters (lactones) is 1. The van der Waals surface area contributed by atoms with Crippen LogP contribution in [0, 0.1) is 11.8 Å². The van der Waals surface area contributed by atoms with Crippen LogP contribution in [0.5, 0.6) is 0 Å². The van der Waals surface area contributed by atoms with Crippen molar-refractivity contribution in [3.05, 3.63) is 41.7 Å². The molecule has 10 heteroatoms. The van der Waals surface area contributed by atoms with Gasteiger partial charge in [-0.1, -0.05) is 63.8 Å². The van der Waals surface area contributed by atoms with Gasteiger partial charge in [0.25, 0.3) is 0 Å². The van der Waals surface area contributed by atoms with Gasteiger partial charge in [0.1, 0.15) is 6.10 Å². The molecule has 0 saturated carbocycles. The average molecular weight is 488 g/mol. The van der Waals surface area contributed by atoms with E-state index in [0.717, 1.165) is 11.6 Å². The van der Waals surface area contributed by atoms with E-state index in [9.17, 15) is 9.59 Å². The number of amides is 2. The fraction of sp³-hybridized carbons (Fsp3) is 0.625. The lowest BCUT2D eigenvalue weighted by Crippen LogP contribution is -2.42. The normalized spacial score (nSPS) is 19.5. The van der Waals surface area contributed by atoms with E-state index in [4.69, 9.17) is 9.47 Å². The minimum Gasteiger partial charge on any atom is -0.439 e. The fourth-order valence-corrected chi connectivity index (χ4v) is 4.80. The number of tetrazole rings is 1. The highest BCUT2D eigenvalue weighted by Gasteiger charge is 2.45. The van der Waals surface area contributed by atoms with Gasteiger partial charge in [0, 0.05) is 27.0 Å². The predicted octanol–water partition coefficient (Wildman–Crippen LogP) is 4.30. The molecule has 0 spiro atoms. The average Bonchev–Trinajstić information content (AvgIpc) is 3.33. The smallest absolute Gasteiger partial charge is 0.417 e. The van der Waals surface area contributed by atoms with Crippen LogP contribution in [0.3, 0.4) is 0 Å². The maximum absolute atomic E-state index is 13.5. The number of aromatic nitrogens is 4. The second kappa shape index (κ2) is 11.2. The Morgan fingerprint density at radius 1 is 1.21 bits per heavy atom. The summed E-state index contributed by atoms with van der Waals surface area (Å²) in [7, 11) is -1.16. The van der Waals surface area contributed by atoms with Crippen LogP contribution in [0.25, 0.3) is 0 Å². The number of carbonyl (C=O) groups is 2. The van der Waals surface area contributed by atoms with E-state index in [2.05, 4.69) is 48.9 Å². The first-order valence-electron chi connectivity index (χ1n) is 12.0. The Hall–Kier alpha value is -2.59. The molecule has 34 heavy (non-hydrogen) atoms. The molecule has 2 heterocycles. The molecular formula is C24H37N5O4Si. The topological polar surface area (TPSA) is 99.4 Å². The maximum atomic E-state index is 13.5. The molecular weight excluding hydrogens is 450 g/mol. The van der Waals surface area contributed by atoms with Crippen molar-refractivity contribution in [2.75, 3.05) is 6.61 Å². The molecule has 9 nitrogen and oxygen atoms in total.